The zero-order valence-corrected chi connectivity index (χ0v) is 35.0. The Morgan fingerprint density at radius 1 is 0.459 bits per heavy atom. The molecule has 6 aromatic rings. The third kappa shape index (κ3) is 9.28. The van der Waals surface area contributed by atoms with Gasteiger partial charge in [0.25, 0.3) is 0 Å². The molecule has 0 unspecified atom stereocenters. The van der Waals surface area contributed by atoms with E-state index >= 15 is 0 Å². The molecule has 0 saturated carbocycles. The number of nitrogens with zero attached hydrogens (tertiary/aromatic N) is 11. The predicted molar refractivity (Wildman–Crippen MR) is 235 cm³/mol. The van der Waals surface area contributed by atoms with E-state index in [9.17, 15) is 4.39 Å². The number of aliphatic imine (C=N–C) groups is 3. The molecular formula is C44H37Cl3FN11O2. The van der Waals surface area contributed by atoms with Gasteiger partial charge < -0.3 is 19.3 Å². The SMILES string of the molecule is Clc1cc2c(cn1)CN=C2c1ccnc(N2CCOCC2)c1.Clc1cc2c(cn1)CN=C2c1ccnc(N2CCOCC2)c1.Fc1cc(C2=NCc3cnc(Cl)cc32)ccn1. The van der Waals surface area contributed by atoms with Crippen LogP contribution in [0.1, 0.15) is 50.1 Å². The Hall–Kier alpha value is -5.77. The first-order valence-corrected chi connectivity index (χ1v) is 20.8. The zero-order valence-electron chi connectivity index (χ0n) is 32.7. The summed E-state index contributed by atoms with van der Waals surface area (Å²) in [5, 5.41) is 1.40. The van der Waals surface area contributed by atoms with E-state index in [1.165, 1.54) is 12.3 Å². The number of ether oxygens (including phenoxy) is 2. The summed E-state index contributed by atoms with van der Waals surface area (Å²) in [7, 11) is 0. The number of pyridine rings is 6. The van der Waals surface area contributed by atoms with Crippen molar-refractivity contribution in [2.24, 2.45) is 15.0 Å². The van der Waals surface area contributed by atoms with Gasteiger partial charge in [0, 0.05) is 119 Å². The second-order valence-corrected chi connectivity index (χ2v) is 15.5. The molecule has 5 aliphatic rings. The van der Waals surface area contributed by atoms with Crippen LogP contribution in [0, 0.1) is 5.95 Å². The summed E-state index contributed by atoms with van der Waals surface area (Å²) < 4.78 is 23.9. The van der Waals surface area contributed by atoms with Gasteiger partial charge in [-0.15, -0.1) is 0 Å². The molecule has 0 spiro atoms. The minimum Gasteiger partial charge on any atom is -0.378 e. The highest BCUT2D eigenvalue weighted by Gasteiger charge is 2.23. The highest BCUT2D eigenvalue weighted by Crippen LogP contribution is 2.28. The minimum atomic E-state index is -0.515. The van der Waals surface area contributed by atoms with E-state index in [-0.39, 0.29) is 0 Å². The molecule has 13 nitrogen and oxygen atoms in total. The van der Waals surface area contributed by atoms with Crippen LogP contribution in [0.3, 0.4) is 0 Å². The average Bonchev–Trinajstić information content (AvgIpc) is 4.04. The lowest BCUT2D eigenvalue weighted by atomic mass is 10.0. The zero-order chi connectivity index (χ0) is 41.7. The molecule has 11 rings (SSSR count). The maximum Gasteiger partial charge on any atom is 0.213 e. The van der Waals surface area contributed by atoms with Gasteiger partial charge in [-0.05, 0) is 48.5 Å². The van der Waals surface area contributed by atoms with E-state index in [1.807, 2.05) is 36.7 Å². The van der Waals surface area contributed by atoms with Crippen LogP contribution in [-0.2, 0) is 29.1 Å². The molecule has 0 amide bonds. The van der Waals surface area contributed by atoms with Gasteiger partial charge in [0.1, 0.15) is 27.1 Å². The lowest BCUT2D eigenvalue weighted by Gasteiger charge is -2.28. The van der Waals surface area contributed by atoms with Crippen LogP contribution in [0.2, 0.25) is 15.5 Å². The lowest BCUT2D eigenvalue weighted by molar-refractivity contribution is 0.122. The molecule has 6 aromatic heterocycles. The van der Waals surface area contributed by atoms with E-state index in [4.69, 9.17) is 44.3 Å². The second-order valence-electron chi connectivity index (χ2n) is 14.4. The number of morpholine rings is 2. The normalized spacial score (nSPS) is 16.2. The van der Waals surface area contributed by atoms with Gasteiger partial charge in [-0.2, -0.15) is 4.39 Å². The molecule has 0 bridgehead atoms. The van der Waals surface area contributed by atoms with Gasteiger partial charge >= 0.3 is 0 Å². The molecule has 11 heterocycles. The lowest BCUT2D eigenvalue weighted by Crippen LogP contribution is -2.36. The Bertz CT molecular complexity index is 2560. The summed E-state index contributed by atoms with van der Waals surface area (Å²) in [5.74, 6) is 1.42. The van der Waals surface area contributed by atoms with Crippen LogP contribution in [0.5, 0.6) is 0 Å². The smallest absolute Gasteiger partial charge is 0.213 e. The predicted octanol–water partition coefficient (Wildman–Crippen LogP) is 7.26. The topological polar surface area (TPSA) is 139 Å². The second kappa shape index (κ2) is 18.5. The number of fused-ring (bicyclic) bond motifs is 3. The van der Waals surface area contributed by atoms with Crippen molar-refractivity contribution in [2.45, 2.75) is 19.6 Å². The number of hydrogen-bond donors (Lipinski definition) is 0. The van der Waals surface area contributed by atoms with E-state index in [0.29, 0.717) is 40.7 Å². The molecule has 5 aliphatic heterocycles. The van der Waals surface area contributed by atoms with Crippen LogP contribution < -0.4 is 9.80 Å². The van der Waals surface area contributed by atoms with Crippen molar-refractivity contribution in [3.8, 4) is 0 Å². The highest BCUT2D eigenvalue weighted by atomic mass is 35.5. The van der Waals surface area contributed by atoms with Crippen molar-refractivity contribution in [1.29, 1.82) is 0 Å². The Balaban J connectivity index is 0.000000118. The molecule has 0 radical (unpaired) electrons. The van der Waals surface area contributed by atoms with Crippen LogP contribution in [-0.4, -0.2) is 99.6 Å². The Morgan fingerprint density at radius 3 is 1.20 bits per heavy atom. The third-order valence-electron chi connectivity index (χ3n) is 10.6. The van der Waals surface area contributed by atoms with E-state index in [1.54, 1.807) is 30.7 Å². The third-order valence-corrected chi connectivity index (χ3v) is 11.2. The van der Waals surface area contributed by atoms with Crippen LogP contribution in [0.25, 0.3) is 0 Å². The van der Waals surface area contributed by atoms with E-state index in [2.05, 4.69) is 66.8 Å². The van der Waals surface area contributed by atoms with Gasteiger partial charge in [-0.25, -0.2) is 29.9 Å². The molecule has 308 valence electrons. The first-order chi connectivity index (χ1) is 29.9. The number of anilines is 2. The largest absolute Gasteiger partial charge is 0.378 e. The van der Waals surface area contributed by atoms with Gasteiger partial charge in [-0.3, -0.25) is 15.0 Å². The summed E-state index contributed by atoms with van der Waals surface area (Å²) >= 11 is 17.9. The fraction of sp³-hybridized carbons (Fsp3) is 0.250. The van der Waals surface area contributed by atoms with Gasteiger partial charge in [0.05, 0.1) is 63.2 Å². The minimum absolute atomic E-state index is 0.410. The number of aromatic nitrogens is 6. The molecule has 2 fully saturated rings. The first-order valence-electron chi connectivity index (χ1n) is 19.6. The van der Waals surface area contributed by atoms with Crippen LogP contribution in [0.15, 0.2) is 107 Å². The van der Waals surface area contributed by atoms with Crippen LogP contribution in [0.4, 0.5) is 16.0 Å². The molecule has 0 atom stereocenters. The van der Waals surface area contributed by atoms with Gasteiger partial charge in [-0.1, -0.05) is 34.8 Å². The van der Waals surface area contributed by atoms with E-state index in [0.717, 1.165) is 126 Å². The maximum absolute atomic E-state index is 13.1. The maximum atomic E-state index is 13.1. The van der Waals surface area contributed by atoms with Crippen LogP contribution >= 0.6 is 34.8 Å². The first kappa shape index (κ1) is 40.6. The average molecular weight is 877 g/mol. The summed E-state index contributed by atoms with van der Waals surface area (Å²) in [5.41, 5.74) is 11.8. The molecule has 0 N–H and O–H groups in total. The van der Waals surface area contributed by atoms with Crippen molar-refractivity contribution in [1.82, 2.24) is 29.9 Å². The highest BCUT2D eigenvalue weighted by molar-refractivity contribution is 6.31. The van der Waals surface area contributed by atoms with Crippen molar-refractivity contribution < 1.29 is 13.9 Å². The Kier molecular flexibility index (Phi) is 12.3. The van der Waals surface area contributed by atoms with Crippen molar-refractivity contribution in [3.63, 3.8) is 0 Å². The Labute approximate surface area is 366 Å². The molecule has 17 heteroatoms. The fourth-order valence-corrected chi connectivity index (χ4v) is 7.99. The van der Waals surface area contributed by atoms with Crippen molar-refractivity contribution in [2.75, 3.05) is 62.4 Å². The monoisotopic (exact) mass is 875 g/mol. The standard InChI is InChI=1S/2C16H15ClN4O.C12H7ClFN3/c2*17-14-8-13-12(9-19-14)10-20-16(13)11-1-2-18-15(7-11)21-3-5-22-6-4-21;13-10-4-9-8(5-16-10)6-17-12(9)7-1-2-15-11(14)3-7/h2*1-2,7-9H,3-6,10H2;1-5H,6H2. The fourth-order valence-electron chi connectivity index (χ4n) is 7.51. The van der Waals surface area contributed by atoms with Crippen molar-refractivity contribution in [3.05, 3.63) is 163 Å². The number of rotatable bonds is 5. The van der Waals surface area contributed by atoms with Gasteiger partial charge in [0.2, 0.25) is 5.95 Å². The number of halogens is 4. The molecule has 2 saturated heterocycles. The molecular weight excluding hydrogens is 840 g/mol. The quantitative estimate of drug-likeness (QED) is 0.163. The molecule has 0 aromatic carbocycles. The van der Waals surface area contributed by atoms with Gasteiger partial charge in [0.15, 0.2) is 0 Å². The summed E-state index contributed by atoms with van der Waals surface area (Å²) in [6.45, 7) is 8.34. The molecule has 0 aliphatic carbocycles. The number of hydrogen-bond acceptors (Lipinski definition) is 13. The van der Waals surface area contributed by atoms with Crippen molar-refractivity contribution >= 4 is 63.6 Å². The summed E-state index contributed by atoms with van der Waals surface area (Å²) in [6, 6.07) is 16.8. The Morgan fingerprint density at radius 2 is 0.820 bits per heavy atom. The summed E-state index contributed by atoms with van der Waals surface area (Å²) in [4.78, 5) is 42.9. The summed E-state index contributed by atoms with van der Waals surface area (Å²) in [6.07, 6.45) is 10.4. The van der Waals surface area contributed by atoms with E-state index < -0.39 is 5.95 Å². The molecule has 61 heavy (non-hydrogen) atoms.